The lowest BCUT2D eigenvalue weighted by Crippen LogP contribution is -2.42. The molecular formula is C28H23N3O4S. The molecule has 36 heavy (non-hydrogen) atoms. The maximum Gasteiger partial charge on any atom is 0.264 e. The lowest BCUT2D eigenvalue weighted by molar-refractivity contribution is -0.115. The maximum absolute atomic E-state index is 13.5. The fourth-order valence-electron chi connectivity index (χ4n) is 4.12. The Morgan fingerprint density at radius 2 is 1.42 bits per heavy atom. The third kappa shape index (κ3) is 4.58. The lowest BCUT2D eigenvalue weighted by atomic mass is 10.1. The molecule has 1 heterocycles. The number of hydrogen-bond acceptors (Lipinski definition) is 4. The standard InChI is InChI=1S/C28H23N3O4S/c32-27-20-30(26-14-8-7-13-25(26)29-27)28(33)22-17-15-21(16-18-22)19-31(23-9-3-1-4-10-23)36(34,35)24-11-5-2-6-12-24/h1-18H,19-20H2,(H,29,32). The molecule has 7 nitrogen and oxygen atoms in total. The number of sulfonamides is 1. The molecule has 1 aliphatic heterocycles. The molecule has 0 unspecified atom stereocenters. The van der Waals surface area contributed by atoms with Gasteiger partial charge in [-0.3, -0.25) is 18.8 Å². The molecule has 0 aromatic heterocycles. The largest absolute Gasteiger partial charge is 0.323 e. The predicted molar refractivity (Wildman–Crippen MR) is 139 cm³/mol. The number of carbonyl (C=O) groups is 2. The van der Waals surface area contributed by atoms with Crippen LogP contribution >= 0.6 is 0 Å². The van der Waals surface area contributed by atoms with Crippen LogP contribution in [0.15, 0.2) is 114 Å². The van der Waals surface area contributed by atoms with Gasteiger partial charge < -0.3 is 5.32 Å². The summed E-state index contributed by atoms with van der Waals surface area (Å²) in [7, 11) is -3.82. The van der Waals surface area contributed by atoms with Crippen molar-refractivity contribution in [1.29, 1.82) is 0 Å². The van der Waals surface area contributed by atoms with E-state index in [1.54, 1.807) is 97.1 Å². The molecule has 5 rings (SSSR count). The van der Waals surface area contributed by atoms with Crippen molar-refractivity contribution in [2.45, 2.75) is 11.4 Å². The van der Waals surface area contributed by atoms with Crippen molar-refractivity contribution >= 4 is 38.9 Å². The quantitative estimate of drug-likeness (QED) is 0.419. The summed E-state index contributed by atoms with van der Waals surface area (Å²) in [6.45, 7) is 0.0133. The van der Waals surface area contributed by atoms with Crippen molar-refractivity contribution < 1.29 is 18.0 Å². The molecule has 4 aromatic rings. The Kier molecular flexibility index (Phi) is 6.26. The van der Waals surface area contributed by atoms with Gasteiger partial charge in [-0.25, -0.2) is 8.42 Å². The number of anilines is 3. The average Bonchev–Trinajstić information content (AvgIpc) is 2.92. The van der Waals surface area contributed by atoms with Crippen molar-refractivity contribution in [1.82, 2.24) is 0 Å². The first-order valence-corrected chi connectivity index (χ1v) is 12.8. The van der Waals surface area contributed by atoms with Crippen molar-refractivity contribution in [2.75, 3.05) is 21.1 Å². The van der Waals surface area contributed by atoms with Gasteiger partial charge in [-0.1, -0.05) is 60.7 Å². The third-order valence-corrected chi connectivity index (χ3v) is 7.71. The van der Waals surface area contributed by atoms with Gasteiger partial charge in [0.1, 0.15) is 6.54 Å². The van der Waals surface area contributed by atoms with E-state index in [0.717, 1.165) is 0 Å². The highest BCUT2D eigenvalue weighted by Gasteiger charge is 2.28. The highest BCUT2D eigenvalue weighted by Crippen LogP contribution is 2.30. The number of nitrogens with zero attached hydrogens (tertiary/aromatic N) is 2. The van der Waals surface area contributed by atoms with E-state index < -0.39 is 10.0 Å². The van der Waals surface area contributed by atoms with Gasteiger partial charge in [0.15, 0.2) is 0 Å². The number of nitrogens with one attached hydrogen (secondary N) is 1. The minimum Gasteiger partial charge on any atom is -0.323 e. The second-order valence-electron chi connectivity index (χ2n) is 8.31. The number of carbonyl (C=O) groups excluding carboxylic acids is 2. The van der Waals surface area contributed by atoms with Crippen LogP contribution in [0.25, 0.3) is 0 Å². The molecule has 0 fully saturated rings. The van der Waals surface area contributed by atoms with Crippen LogP contribution in [0.5, 0.6) is 0 Å². The van der Waals surface area contributed by atoms with E-state index in [1.165, 1.54) is 9.21 Å². The zero-order chi connectivity index (χ0) is 25.1. The van der Waals surface area contributed by atoms with E-state index >= 15 is 0 Å². The molecule has 0 bridgehead atoms. The van der Waals surface area contributed by atoms with E-state index in [4.69, 9.17) is 0 Å². The number of rotatable bonds is 6. The van der Waals surface area contributed by atoms with E-state index in [-0.39, 0.29) is 29.8 Å². The van der Waals surface area contributed by atoms with Crippen molar-refractivity contribution in [2.24, 2.45) is 0 Å². The van der Waals surface area contributed by atoms with Gasteiger partial charge in [0.25, 0.3) is 15.9 Å². The second kappa shape index (κ2) is 9.67. The normalized spacial score (nSPS) is 13.0. The maximum atomic E-state index is 13.5. The van der Waals surface area contributed by atoms with Crippen LogP contribution < -0.4 is 14.5 Å². The van der Waals surface area contributed by atoms with Gasteiger partial charge in [0, 0.05) is 5.56 Å². The molecule has 4 aromatic carbocycles. The van der Waals surface area contributed by atoms with Gasteiger partial charge >= 0.3 is 0 Å². The Balaban J connectivity index is 1.43. The summed E-state index contributed by atoms with van der Waals surface area (Å²) in [5.41, 5.74) is 2.88. The summed E-state index contributed by atoms with van der Waals surface area (Å²) in [6, 6.07) is 31.1. The topological polar surface area (TPSA) is 86.8 Å². The van der Waals surface area contributed by atoms with E-state index in [0.29, 0.717) is 28.2 Å². The predicted octanol–water partition coefficient (Wildman–Crippen LogP) is 4.68. The third-order valence-electron chi connectivity index (χ3n) is 5.92. The van der Waals surface area contributed by atoms with Gasteiger partial charge in [0.2, 0.25) is 5.91 Å². The number of para-hydroxylation sites is 3. The van der Waals surface area contributed by atoms with Crippen molar-refractivity contribution in [3.05, 3.63) is 120 Å². The van der Waals surface area contributed by atoms with Gasteiger partial charge in [-0.15, -0.1) is 0 Å². The van der Waals surface area contributed by atoms with Gasteiger partial charge in [-0.2, -0.15) is 0 Å². The number of benzene rings is 4. The number of amides is 2. The number of hydrogen-bond donors (Lipinski definition) is 1. The molecule has 0 aliphatic carbocycles. The van der Waals surface area contributed by atoms with Crippen molar-refractivity contribution in [3.8, 4) is 0 Å². The summed E-state index contributed by atoms with van der Waals surface area (Å²) in [5.74, 6) is -0.566. The van der Waals surface area contributed by atoms with Gasteiger partial charge in [-0.05, 0) is 54.1 Å². The molecule has 0 spiro atoms. The highest BCUT2D eigenvalue weighted by molar-refractivity contribution is 7.92. The Hall–Kier alpha value is -4.43. The van der Waals surface area contributed by atoms with Gasteiger partial charge in [0.05, 0.1) is 28.5 Å². The molecule has 8 heteroatoms. The lowest BCUT2D eigenvalue weighted by Gasteiger charge is -2.29. The first kappa shape index (κ1) is 23.3. The van der Waals surface area contributed by atoms with E-state index in [1.807, 2.05) is 12.1 Å². The van der Waals surface area contributed by atoms with Crippen LogP contribution in [0.2, 0.25) is 0 Å². The van der Waals surface area contributed by atoms with E-state index in [9.17, 15) is 18.0 Å². The summed E-state index contributed by atoms with van der Waals surface area (Å²) in [6.07, 6.45) is 0. The van der Waals surface area contributed by atoms with Crippen LogP contribution in [-0.2, 0) is 21.4 Å². The molecule has 0 radical (unpaired) electrons. The zero-order valence-corrected chi connectivity index (χ0v) is 20.1. The number of fused-ring (bicyclic) bond motifs is 1. The monoisotopic (exact) mass is 497 g/mol. The Morgan fingerprint density at radius 3 is 2.11 bits per heavy atom. The molecule has 1 N–H and O–H groups in total. The highest BCUT2D eigenvalue weighted by atomic mass is 32.2. The summed E-state index contributed by atoms with van der Waals surface area (Å²) in [4.78, 5) is 27.0. The van der Waals surface area contributed by atoms with Crippen LogP contribution in [0.1, 0.15) is 15.9 Å². The van der Waals surface area contributed by atoms with Crippen LogP contribution in [0.3, 0.4) is 0 Å². The minimum atomic E-state index is -3.82. The van der Waals surface area contributed by atoms with Crippen LogP contribution in [0.4, 0.5) is 17.1 Å². The Morgan fingerprint density at radius 1 is 0.806 bits per heavy atom. The zero-order valence-electron chi connectivity index (χ0n) is 19.2. The molecule has 0 atom stereocenters. The summed E-state index contributed by atoms with van der Waals surface area (Å²) >= 11 is 0. The molecule has 0 saturated heterocycles. The fourth-order valence-corrected chi connectivity index (χ4v) is 5.59. The second-order valence-corrected chi connectivity index (χ2v) is 10.2. The summed E-state index contributed by atoms with van der Waals surface area (Å²) in [5, 5.41) is 2.77. The average molecular weight is 498 g/mol. The Bertz CT molecular complexity index is 1510. The Labute approximate surface area is 209 Å². The first-order valence-electron chi connectivity index (χ1n) is 11.4. The summed E-state index contributed by atoms with van der Waals surface area (Å²) < 4.78 is 28.3. The molecule has 180 valence electrons. The van der Waals surface area contributed by atoms with E-state index in [2.05, 4.69) is 5.32 Å². The molecular weight excluding hydrogens is 474 g/mol. The molecule has 0 saturated carbocycles. The van der Waals surface area contributed by atoms with Crippen molar-refractivity contribution in [3.63, 3.8) is 0 Å². The van der Waals surface area contributed by atoms with Crippen LogP contribution in [0, 0.1) is 0 Å². The first-order chi connectivity index (χ1) is 17.4. The van der Waals surface area contributed by atoms with Crippen LogP contribution in [-0.4, -0.2) is 26.8 Å². The smallest absolute Gasteiger partial charge is 0.264 e. The fraction of sp³-hybridized carbons (Fsp3) is 0.0714. The molecule has 1 aliphatic rings. The minimum absolute atomic E-state index is 0.0747. The SMILES string of the molecule is O=C1CN(C(=O)c2ccc(CN(c3ccccc3)S(=O)(=O)c3ccccc3)cc2)c2ccccc2N1. The molecule has 2 amide bonds.